The molecule has 31 heavy (non-hydrogen) atoms. The van der Waals surface area contributed by atoms with Crippen molar-refractivity contribution in [3.63, 3.8) is 0 Å². The molecule has 2 aliphatic heterocycles. The summed E-state index contributed by atoms with van der Waals surface area (Å²) in [6, 6.07) is 15.9. The summed E-state index contributed by atoms with van der Waals surface area (Å²) in [5.74, 6) is 0.776. The van der Waals surface area contributed by atoms with E-state index in [0.29, 0.717) is 25.9 Å². The molecule has 2 aliphatic rings. The lowest BCUT2D eigenvalue weighted by Crippen LogP contribution is -2.50. The van der Waals surface area contributed by atoms with E-state index in [4.69, 9.17) is 4.74 Å². The summed E-state index contributed by atoms with van der Waals surface area (Å²) in [4.78, 5) is 30.7. The Morgan fingerprint density at radius 1 is 1.06 bits per heavy atom. The highest BCUT2D eigenvalue weighted by molar-refractivity contribution is 5.85. The molecule has 0 saturated carbocycles. The van der Waals surface area contributed by atoms with E-state index in [1.165, 1.54) is 11.1 Å². The van der Waals surface area contributed by atoms with Crippen LogP contribution >= 0.6 is 0 Å². The number of carbonyl (C=O) groups is 2. The maximum atomic E-state index is 13.8. The summed E-state index contributed by atoms with van der Waals surface area (Å²) in [5, 5.41) is 0. The number of hydrogen-bond acceptors (Lipinski definition) is 3. The minimum Gasteiger partial charge on any atom is -0.496 e. The molecule has 2 aromatic rings. The highest BCUT2D eigenvalue weighted by Crippen LogP contribution is 2.42. The normalized spacial score (nSPS) is 21.0. The van der Waals surface area contributed by atoms with Crippen LogP contribution < -0.4 is 4.74 Å². The topological polar surface area (TPSA) is 49.9 Å². The molecule has 4 rings (SSSR count). The Hall–Kier alpha value is -2.82. The minimum absolute atomic E-state index is 0.136. The van der Waals surface area contributed by atoms with Gasteiger partial charge in [0.2, 0.25) is 11.8 Å². The summed E-state index contributed by atoms with van der Waals surface area (Å²) < 4.78 is 5.64. The van der Waals surface area contributed by atoms with E-state index in [-0.39, 0.29) is 23.8 Å². The maximum Gasteiger partial charge on any atom is 0.228 e. The van der Waals surface area contributed by atoms with Crippen LogP contribution in [0.3, 0.4) is 0 Å². The van der Waals surface area contributed by atoms with E-state index in [0.717, 1.165) is 37.1 Å². The van der Waals surface area contributed by atoms with E-state index >= 15 is 0 Å². The number of carbonyl (C=O) groups excluding carboxylic acids is 2. The first-order valence-electron chi connectivity index (χ1n) is 11.4. The van der Waals surface area contributed by atoms with Crippen molar-refractivity contribution in [1.29, 1.82) is 0 Å². The standard InChI is InChI=1S/C26H32N2O3/c1-3-4-16-28-24(29)14-13-22(25(28)21-11-7-8-12-23(21)31-2)26(30)27-17-15-19-9-5-6-10-20(19)18-27/h5-12,22,25H,3-4,13-18H2,1-2H3. The largest absolute Gasteiger partial charge is 0.496 e. The molecule has 2 amide bonds. The van der Waals surface area contributed by atoms with Gasteiger partial charge in [-0.05, 0) is 36.5 Å². The van der Waals surface area contributed by atoms with Crippen molar-refractivity contribution in [2.24, 2.45) is 5.92 Å². The average Bonchev–Trinajstić information content (AvgIpc) is 2.82. The van der Waals surface area contributed by atoms with Crippen LogP contribution in [0.1, 0.15) is 55.3 Å². The van der Waals surface area contributed by atoms with Crippen molar-refractivity contribution in [3.8, 4) is 5.75 Å². The fraction of sp³-hybridized carbons (Fsp3) is 0.462. The van der Waals surface area contributed by atoms with Crippen molar-refractivity contribution in [2.75, 3.05) is 20.2 Å². The van der Waals surface area contributed by atoms with Crippen LogP contribution in [0.4, 0.5) is 0 Å². The third-order valence-electron chi connectivity index (χ3n) is 6.68. The summed E-state index contributed by atoms with van der Waals surface area (Å²) in [6.07, 6.45) is 3.82. The van der Waals surface area contributed by atoms with Crippen molar-refractivity contribution in [2.45, 2.75) is 51.6 Å². The Morgan fingerprint density at radius 2 is 1.81 bits per heavy atom. The number of ether oxygens (including phenoxy) is 1. The van der Waals surface area contributed by atoms with Gasteiger partial charge in [-0.1, -0.05) is 55.8 Å². The fourth-order valence-electron chi connectivity index (χ4n) is 5.02. The number of fused-ring (bicyclic) bond motifs is 1. The molecule has 0 aromatic heterocycles. The van der Waals surface area contributed by atoms with Crippen LogP contribution in [0.15, 0.2) is 48.5 Å². The third-order valence-corrected chi connectivity index (χ3v) is 6.68. The highest BCUT2D eigenvalue weighted by atomic mass is 16.5. The van der Waals surface area contributed by atoms with Gasteiger partial charge in [0.05, 0.1) is 19.1 Å². The number of nitrogens with zero attached hydrogens (tertiary/aromatic N) is 2. The summed E-state index contributed by atoms with van der Waals surface area (Å²) in [5.41, 5.74) is 3.49. The number of methoxy groups -OCH3 is 1. The van der Waals surface area contributed by atoms with Gasteiger partial charge >= 0.3 is 0 Å². The van der Waals surface area contributed by atoms with Gasteiger partial charge in [0.15, 0.2) is 0 Å². The van der Waals surface area contributed by atoms with Crippen molar-refractivity contribution >= 4 is 11.8 Å². The maximum absolute atomic E-state index is 13.8. The van der Waals surface area contributed by atoms with Gasteiger partial charge in [-0.15, -0.1) is 0 Å². The second-order valence-corrected chi connectivity index (χ2v) is 8.55. The molecule has 5 heteroatoms. The number of piperidine rings is 1. The number of hydrogen-bond donors (Lipinski definition) is 0. The quantitative estimate of drug-likeness (QED) is 0.698. The predicted molar refractivity (Wildman–Crippen MR) is 121 cm³/mol. The van der Waals surface area contributed by atoms with E-state index in [1.54, 1.807) is 7.11 Å². The molecule has 5 nitrogen and oxygen atoms in total. The van der Waals surface area contributed by atoms with Crippen LogP contribution in [0.5, 0.6) is 5.75 Å². The first-order chi connectivity index (χ1) is 15.1. The predicted octanol–water partition coefficient (Wildman–Crippen LogP) is 4.36. The first-order valence-corrected chi connectivity index (χ1v) is 11.4. The molecule has 0 bridgehead atoms. The second-order valence-electron chi connectivity index (χ2n) is 8.55. The molecule has 2 aromatic carbocycles. The summed E-state index contributed by atoms with van der Waals surface area (Å²) in [7, 11) is 1.65. The van der Waals surface area contributed by atoms with Gasteiger partial charge < -0.3 is 14.5 Å². The lowest BCUT2D eigenvalue weighted by atomic mass is 9.82. The molecule has 0 N–H and O–H groups in total. The van der Waals surface area contributed by atoms with Crippen LogP contribution in [-0.4, -0.2) is 41.8 Å². The fourth-order valence-corrected chi connectivity index (χ4v) is 5.02. The Bertz CT molecular complexity index is 942. The van der Waals surface area contributed by atoms with Crippen LogP contribution in [0, 0.1) is 5.92 Å². The van der Waals surface area contributed by atoms with Crippen molar-refractivity contribution < 1.29 is 14.3 Å². The number of likely N-dealkylation sites (tertiary alicyclic amines) is 1. The van der Waals surface area contributed by atoms with Crippen molar-refractivity contribution in [1.82, 2.24) is 9.80 Å². The molecule has 0 aliphatic carbocycles. The molecule has 2 atom stereocenters. The number of amides is 2. The van der Waals surface area contributed by atoms with Gasteiger partial charge in [0, 0.05) is 31.6 Å². The van der Waals surface area contributed by atoms with Crippen molar-refractivity contribution in [3.05, 3.63) is 65.2 Å². The molecule has 0 spiro atoms. The Balaban J connectivity index is 1.67. The van der Waals surface area contributed by atoms with Crippen LogP contribution in [-0.2, 0) is 22.6 Å². The van der Waals surface area contributed by atoms with Gasteiger partial charge in [-0.3, -0.25) is 9.59 Å². The summed E-state index contributed by atoms with van der Waals surface area (Å²) >= 11 is 0. The first kappa shape index (κ1) is 21.4. The van der Waals surface area contributed by atoms with E-state index in [1.807, 2.05) is 40.1 Å². The number of rotatable bonds is 6. The Kier molecular flexibility index (Phi) is 6.59. The molecule has 2 unspecified atom stereocenters. The Morgan fingerprint density at radius 3 is 2.58 bits per heavy atom. The van der Waals surface area contributed by atoms with Crippen LogP contribution in [0.2, 0.25) is 0 Å². The second kappa shape index (κ2) is 9.54. The Labute approximate surface area is 185 Å². The molecule has 0 radical (unpaired) electrons. The monoisotopic (exact) mass is 420 g/mol. The SMILES string of the molecule is CCCCN1C(=O)CCC(C(=O)N2CCc3ccccc3C2)C1c1ccccc1OC. The highest BCUT2D eigenvalue weighted by Gasteiger charge is 2.43. The summed E-state index contributed by atoms with van der Waals surface area (Å²) in [6.45, 7) is 4.17. The molecule has 164 valence electrons. The number of benzene rings is 2. The lowest BCUT2D eigenvalue weighted by Gasteiger charge is -2.43. The zero-order chi connectivity index (χ0) is 21.8. The van der Waals surface area contributed by atoms with E-state index in [9.17, 15) is 9.59 Å². The molecule has 1 fully saturated rings. The number of unbranched alkanes of at least 4 members (excludes halogenated alkanes) is 1. The minimum atomic E-state index is -0.284. The van der Waals surface area contributed by atoms with Gasteiger partial charge in [0.25, 0.3) is 0 Å². The molecular weight excluding hydrogens is 388 g/mol. The zero-order valence-corrected chi connectivity index (χ0v) is 18.5. The smallest absolute Gasteiger partial charge is 0.228 e. The molecular formula is C26H32N2O3. The molecule has 2 heterocycles. The van der Waals surface area contributed by atoms with Crippen LogP contribution in [0.25, 0.3) is 0 Å². The molecule has 1 saturated heterocycles. The van der Waals surface area contributed by atoms with Gasteiger partial charge in [-0.25, -0.2) is 0 Å². The zero-order valence-electron chi connectivity index (χ0n) is 18.5. The number of para-hydroxylation sites is 1. The van der Waals surface area contributed by atoms with Gasteiger partial charge in [0.1, 0.15) is 5.75 Å². The lowest BCUT2D eigenvalue weighted by molar-refractivity contribution is -0.148. The van der Waals surface area contributed by atoms with E-state index < -0.39 is 0 Å². The van der Waals surface area contributed by atoms with E-state index in [2.05, 4.69) is 25.1 Å². The van der Waals surface area contributed by atoms with Gasteiger partial charge in [-0.2, -0.15) is 0 Å². The third kappa shape index (κ3) is 4.32. The average molecular weight is 421 g/mol.